The summed E-state index contributed by atoms with van der Waals surface area (Å²) >= 11 is 0. The Morgan fingerprint density at radius 2 is 2.10 bits per heavy atom. The van der Waals surface area contributed by atoms with Crippen LogP contribution in [0.5, 0.6) is 0 Å². The van der Waals surface area contributed by atoms with Crippen LogP contribution in [0.2, 0.25) is 0 Å². The van der Waals surface area contributed by atoms with E-state index in [0.717, 1.165) is 13.1 Å². The maximum Gasteiger partial charge on any atom is 0.303 e. The van der Waals surface area contributed by atoms with E-state index >= 15 is 0 Å². The zero-order chi connectivity index (χ0) is 7.14. The Labute approximate surface area is 59.4 Å². The molecule has 1 saturated carbocycles. The zero-order valence-corrected chi connectivity index (χ0v) is 5.71. The van der Waals surface area contributed by atoms with Crippen molar-refractivity contribution < 1.29 is 9.90 Å². The number of piperidine rings is 1. The normalized spacial score (nSPS) is 43.0. The quantitative estimate of drug-likeness (QED) is 0.565. The molecule has 1 heterocycles. The Bertz CT molecular complexity index is 159. The molecule has 2 rings (SSSR count). The van der Waals surface area contributed by atoms with E-state index in [-0.39, 0.29) is 0 Å². The van der Waals surface area contributed by atoms with Gasteiger partial charge in [0, 0.05) is 6.42 Å². The number of fused-ring (bicyclic) bond motifs is 1. The Morgan fingerprint density at radius 1 is 1.50 bits per heavy atom. The largest absolute Gasteiger partial charge is 0.481 e. The molecule has 0 spiro atoms. The number of hydrogen-bond donors (Lipinski definition) is 2. The molecule has 1 saturated heterocycles. The third-order valence-electron chi connectivity index (χ3n) is 2.68. The summed E-state index contributed by atoms with van der Waals surface area (Å²) in [4.78, 5) is 10.3. The Hall–Kier alpha value is -0.570. The van der Waals surface area contributed by atoms with Gasteiger partial charge in [-0.25, -0.2) is 0 Å². The molecular weight excluding hydrogens is 130 g/mol. The van der Waals surface area contributed by atoms with Crippen LogP contribution in [0.15, 0.2) is 0 Å². The monoisotopic (exact) mass is 141 g/mol. The van der Waals surface area contributed by atoms with E-state index in [1.807, 2.05) is 0 Å². The number of carboxylic acids is 1. The zero-order valence-electron chi connectivity index (χ0n) is 5.71. The molecule has 1 aliphatic heterocycles. The first-order valence-corrected chi connectivity index (χ1v) is 3.71. The number of hydrogen-bond acceptors (Lipinski definition) is 2. The fraction of sp³-hybridized carbons (Fsp3) is 0.857. The topological polar surface area (TPSA) is 49.3 Å². The van der Waals surface area contributed by atoms with E-state index < -0.39 is 5.97 Å². The van der Waals surface area contributed by atoms with Crippen molar-refractivity contribution >= 4 is 5.97 Å². The molecule has 10 heavy (non-hydrogen) atoms. The maximum atomic E-state index is 10.3. The third-order valence-corrected chi connectivity index (χ3v) is 2.68. The molecule has 3 nitrogen and oxygen atoms in total. The number of aliphatic carboxylic acids is 1. The number of nitrogens with one attached hydrogen (secondary N) is 1. The fourth-order valence-corrected chi connectivity index (χ4v) is 2.05. The molecular formula is C7H11NO2. The lowest BCUT2D eigenvalue weighted by atomic mass is 10.2. The molecule has 3 atom stereocenters. The maximum absolute atomic E-state index is 10.3. The number of carbonyl (C=O) groups is 1. The second-order valence-electron chi connectivity index (χ2n) is 3.25. The standard InChI is InChI=1S/C7H11NO2/c9-7(10)1-4-5-2-8-3-6(4)5/h4-6,8H,1-3H2,(H,9,10)/t4?,5-,6+. The summed E-state index contributed by atoms with van der Waals surface area (Å²) in [5, 5.41) is 11.7. The van der Waals surface area contributed by atoms with Crippen molar-refractivity contribution in [2.45, 2.75) is 6.42 Å². The highest BCUT2D eigenvalue weighted by atomic mass is 16.4. The number of carboxylic acid groups (broad SMARTS) is 1. The predicted molar refractivity (Wildman–Crippen MR) is 35.6 cm³/mol. The van der Waals surface area contributed by atoms with Crippen LogP contribution >= 0.6 is 0 Å². The minimum Gasteiger partial charge on any atom is -0.481 e. The second kappa shape index (κ2) is 1.95. The molecule has 2 N–H and O–H groups in total. The summed E-state index contributed by atoms with van der Waals surface area (Å²) in [7, 11) is 0. The highest BCUT2D eigenvalue weighted by Gasteiger charge is 2.53. The molecule has 2 fully saturated rings. The van der Waals surface area contributed by atoms with Gasteiger partial charge in [0.15, 0.2) is 0 Å². The van der Waals surface area contributed by atoms with Crippen LogP contribution in [0.4, 0.5) is 0 Å². The van der Waals surface area contributed by atoms with E-state index in [2.05, 4.69) is 5.32 Å². The van der Waals surface area contributed by atoms with Crippen LogP contribution in [0.25, 0.3) is 0 Å². The Balaban J connectivity index is 1.84. The van der Waals surface area contributed by atoms with Crippen LogP contribution < -0.4 is 5.32 Å². The van der Waals surface area contributed by atoms with Crippen LogP contribution in [-0.4, -0.2) is 24.2 Å². The molecule has 56 valence electrons. The summed E-state index contributed by atoms with van der Waals surface area (Å²) in [5.74, 6) is 1.24. The van der Waals surface area contributed by atoms with Crippen molar-refractivity contribution in [3.05, 3.63) is 0 Å². The van der Waals surface area contributed by atoms with Gasteiger partial charge in [0.2, 0.25) is 0 Å². The average Bonchev–Trinajstić information content (AvgIpc) is 2.40. The van der Waals surface area contributed by atoms with Gasteiger partial charge in [0.25, 0.3) is 0 Å². The van der Waals surface area contributed by atoms with E-state index in [1.165, 1.54) is 0 Å². The molecule has 0 aromatic rings. The summed E-state index contributed by atoms with van der Waals surface area (Å²) in [6.45, 7) is 2.09. The van der Waals surface area contributed by atoms with Crippen molar-refractivity contribution in [2.75, 3.05) is 13.1 Å². The smallest absolute Gasteiger partial charge is 0.303 e. The molecule has 1 unspecified atom stereocenters. The molecule has 2 aliphatic rings. The van der Waals surface area contributed by atoms with Gasteiger partial charge in [0.1, 0.15) is 0 Å². The fourth-order valence-electron chi connectivity index (χ4n) is 2.05. The van der Waals surface area contributed by atoms with Gasteiger partial charge >= 0.3 is 5.97 Å². The van der Waals surface area contributed by atoms with Crippen molar-refractivity contribution in [3.8, 4) is 0 Å². The van der Waals surface area contributed by atoms with E-state index in [1.54, 1.807) is 0 Å². The molecule has 0 amide bonds. The molecule has 3 heteroatoms. The van der Waals surface area contributed by atoms with E-state index in [9.17, 15) is 4.79 Å². The van der Waals surface area contributed by atoms with E-state index in [4.69, 9.17) is 5.11 Å². The second-order valence-corrected chi connectivity index (χ2v) is 3.25. The summed E-state index contributed by atoms with van der Waals surface area (Å²) < 4.78 is 0. The highest BCUT2D eigenvalue weighted by molar-refractivity contribution is 5.67. The van der Waals surface area contributed by atoms with Crippen LogP contribution in [0, 0.1) is 17.8 Å². The van der Waals surface area contributed by atoms with Crippen LogP contribution in [0.3, 0.4) is 0 Å². The lowest BCUT2D eigenvalue weighted by Gasteiger charge is -1.98. The molecule has 1 aliphatic carbocycles. The first-order chi connectivity index (χ1) is 4.79. The first kappa shape index (κ1) is 6.16. The summed E-state index contributed by atoms with van der Waals surface area (Å²) in [6, 6.07) is 0. The van der Waals surface area contributed by atoms with Crippen LogP contribution in [-0.2, 0) is 4.79 Å². The SMILES string of the molecule is O=C(O)CC1[C@H]2CNC[C@@H]12. The predicted octanol–water partition coefficient (Wildman–Crippen LogP) is -0.0735. The van der Waals surface area contributed by atoms with Gasteiger partial charge in [-0.05, 0) is 30.8 Å². The Kier molecular flexibility index (Phi) is 1.20. The average molecular weight is 141 g/mol. The lowest BCUT2D eigenvalue weighted by molar-refractivity contribution is -0.137. The van der Waals surface area contributed by atoms with Gasteiger partial charge in [0.05, 0.1) is 0 Å². The van der Waals surface area contributed by atoms with Gasteiger partial charge in [-0.1, -0.05) is 0 Å². The Morgan fingerprint density at radius 3 is 2.60 bits per heavy atom. The van der Waals surface area contributed by atoms with Gasteiger partial charge in [-0.2, -0.15) is 0 Å². The molecule has 0 aromatic carbocycles. The van der Waals surface area contributed by atoms with Gasteiger partial charge < -0.3 is 10.4 Å². The van der Waals surface area contributed by atoms with Gasteiger partial charge in [-0.15, -0.1) is 0 Å². The first-order valence-electron chi connectivity index (χ1n) is 3.71. The summed E-state index contributed by atoms with van der Waals surface area (Å²) in [6.07, 6.45) is 0.386. The van der Waals surface area contributed by atoms with Crippen LogP contribution in [0.1, 0.15) is 6.42 Å². The highest BCUT2D eigenvalue weighted by Crippen LogP contribution is 2.50. The van der Waals surface area contributed by atoms with E-state index in [0.29, 0.717) is 24.2 Å². The third kappa shape index (κ3) is 0.814. The molecule has 0 aromatic heterocycles. The molecule has 0 radical (unpaired) electrons. The minimum absolute atomic E-state index is 0.386. The van der Waals surface area contributed by atoms with Crippen molar-refractivity contribution in [3.63, 3.8) is 0 Å². The van der Waals surface area contributed by atoms with Crippen molar-refractivity contribution in [1.29, 1.82) is 0 Å². The minimum atomic E-state index is -0.639. The van der Waals surface area contributed by atoms with Gasteiger partial charge in [-0.3, -0.25) is 4.79 Å². The lowest BCUT2D eigenvalue weighted by Crippen LogP contribution is -2.15. The summed E-state index contributed by atoms with van der Waals surface area (Å²) in [5.41, 5.74) is 0. The molecule has 0 bridgehead atoms. The van der Waals surface area contributed by atoms with Crippen molar-refractivity contribution in [1.82, 2.24) is 5.32 Å². The number of rotatable bonds is 2. The van der Waals surface area contributed by atoms with Crippen molar-refractivity contribution in [2.24, 2.45) is 17.8 Å².